The fourth-order valence-corrected chi connectivity index (χ4v) is 2.40. The van der Waals surface area contributed by atoms with E-state index in [1.807, 2.05) is 24.3 Å². The Morgan fingerprint density at radius 3 is 2.27 bits per heavy atom. The van der Waals surface area contributed by atoms with Crippen LogP contribution in [0.1, 0.15) is 57.6 Å². The van der Waals surface area contributed by atoms with Gasteiger partial charge in [0.25, 0.3) is 0 Å². The lowest BCUT2D eigenvalue weighted by molar-refractivity contribution is -0.137. The van der Waals surface area contributed by atoms with Crippen LogP contribution >= 0.6 is 11.6 Å². The number of amides is 1. The van der Waals surface area contributed by atoms with E-state index < -0.39 is 5.97 Å². The number of hydrogen-bond acceptors (Lipinski definition) is 2. The number of carboxylic acids is 1. The molecule has 0 aliphatic carbocycles. The molecule has 22 heavy (non-hydrogen) atoms. The maximum absolute atomic E-state index is 12.0. The molecule has 1 amide bonds. The Morgan fingerprint density at radius 2 is 1.73 bits per heavy atom. The summed E-state index contributed by atoms with van der Waals surface area (Å²) in [5.74, 6) is -0.404. The molecule has 1 aromatic carbocycles. The SMILES string of the molecule is CC(C)CC(NC(=O)CCCCC(=O)O)c1ccc(Cl)cc1. The number of nitrogens with one attached hydrogen (secondary N) is 1. The number of aliphatic carboxylic acids is 1. The van der Waals surface area contributed by atoms with Crippen molar-refractivity contribution in [2.45, 2.75) is 52.0 Å². The minimum atomic E-state index is -0.820. The monoisotopic (exact) mass is 325 g/mol. The number of rotatable bonds is 9. The van der Waals surface area contributed by atoms with E-state index in [9.17, 15) is 9.59 Å². The number of hydrogen-bond donors (Lipinski definition) is 2. The summed E-state index contributed by atoms with van der Waals surface area (Å²) in [6.45, 7) is 4.23. The molecule has 0 fully saturated rings. The predicted molar refractivity (Wildman–Crippen MR) is 87.9 cm³/mol. The highest BCUT2D eigenvalue weighted by Crippen LogP contribution is 2.23. The van der Waals surface area contributed by atoms with Gasteiger partial charge in [0.05, 0.1) is 6.04 Å². The maximum Gasteiger partial charge on any atom is 0.303 e. The van der Waals surface area contributed by atoms with Crippen molar-refractivity contribution in [1.29, 1.82) is 0 Å². The van der Waals surface area contributed by atoms with Gasteiger partial charge < -0.3 is 10.4 Å². The van der Waals surface area contributed by atoms with Gasteiger partial charge >= 0.3 is 5.97 Å². The average Bonchev–Trinajstić information content (AvgIpc) is 2.43. The summed E-state index contributed by atoms with van der Waals surface area (Å²) in [7, 11) is 0. The molecule has 1 unspecified atom stereocenters. The Morgan fingerprint density at radius 1 is 1.14 bits per heavy atom. The van der Waals surface area contributed by atoms with Crippen LogP contribution in [0.5, 0.6) is 0 Å². The van der Waals surface area contributed by atoms with Crippen LogP contribution in [0, 0.1) is 5.92 Å². The second-order valence-electron chi connectivity index (χ2n) is 5.90. The Kier molecular flexibility index (Phi) is 7.96. The maximum atomic E-state index is 12.0. The smallest absolute Gasteiger partial charge is 0.303 e. The first-order valence-corrected chi connectivity index (χ1v) is 8.03. The van der Waals surface area contributed by atoms with E-state index in [1.165, 1.54) is 0 Å². The molecular weight excluding hydrogens is 302 g/mol. The van der Waals surface area contributed by atoms with Crippen LogP contribution in [0.2, 0.25) is 5.02 Å². The van der Waals surface area contributed by atoms with Gasteiger partial charge in [0, 0.05) is 17.9 Å². The fraction of sp³-hybridized carbons (Fsp3) is 0.529. The zero-order valence-electron chi connectivity index (χ0n) is 13.1. The molecule has 122 valence electrons. The highest BCUT2D eigenvalue weighted by molar-refractivity contribution is 6.30. The van der Waals surface area contributed by atoms with E-state index in [1.54, 1.807) is 0 Å². The van der Waals surface area contributed by atoms with Crippen LogP contribution in [0.4, 0.5) is 0 Å². The van der Waals surface area contributed by atoms with Crippen molar-refractivity contribution in [3.05, 3.63) is 34.9 Å². The molecule has 0 radical (unpaired) electrons. The second kappa shape index (κ2) is 9.46. The molecule has 1 rings (SSSR count). The number of benzene rings is 1. The first-order valence-electron chi connectivity index (χ1n) is 7.65. The molecule has 4 nitrogen and oxygen atoms in total. The fourth-order valence-electron chi connectivity index (χ4n) is 2.27. The topological polar surface area (TPSA) is 66.4 Å². The van der Waals surface area contributed by atoms with Gasteiger partial charge in [-0.2, -0.15) is 0 Å². The molecule has 0 saturated heterocycles. The van der Waals surface area contributed by atoms with E-state index in [2.05, 4.69) is 19.2 Å². The largest absolute Gasteiger partial charge is 0.481 e. The number of halogens is 1. The van der Waals surface area contributed by atoms with Crippen LogP contribution in [-0.2, 0) is 9.59 Å². The molecule has 0 aliphatic rings. The van der Waals surface area contributed by atoms with Crippen molar-refractivity contribution in [2.24, 2.45) is 5.92 Å². The van der Waals surface area contributed by atoms with Gasteiger partial charge in [0.15, 0.2) is 0 Å². The minimum Gasteiger partial charge on any atom is -0.481 e. The Bertz CT molecular complexity index is 485. The zero-order chi connectivity index (χ0) is 16.5. The van der Waals surface area contributed by atoms with Crippen LogP contribution in [-0.4, -0.2) is 17.0 Å². The third-order valence-electron chi connectivity index (χ3n) is 3.36. The standard InChI is InChI=1S/C17H24ClNO3/c1-12(2)11-15(13-7-9-14(18)10-8-13)19-16(20)5-3-4-6-17(21)22/h7-10,12,15H,3-6,11H2,1-2H3,(H,19,20)(H,21,22). The zero-order valence-corrected chi connectivity index (χ0v) is 13.9. The molecule has 1 atom stereocenters. The summed E-state index contributed by atoms with van der Waals surface area (Å²) in [5.41, 5.74) is 1.04. The summed E-state index contributed by atoms with van der Waals surface area (Å²) in [6.07, 6.45) is 2.43. The Labute approximate surface area is 136 Å². The van der Waals surface area contributed by atoms with E-state index in [0.717, 1.165) is 12.0 Å². The molecule has 0 heterocycles. The molecule has 0 bridgehead atoms. The first kappa shape index (κ1) is 18.5. The normalized spacial score (nSPS) is 12.2. The molecule has 5 heteroatoms. The van der Waals surface area contributed by atoms with Gasteiger partial charge in [-0.05, 0) is 42.9 Å². The minimum absolute atomic E-state index is 0.0361. The lowest BCUT2D eigenvalue weighted by Crippen LogP contribution is -2.29. The van der Waals surface area contributed by atoms with Crippen molar-refractivity contribution in [3.63, 3.8) is 0 Å². The van der Waals surface area contributed by atoms with E-state index in [4.69, 9.17) is 16.7 Å². The van der Waals surface area contributed by atoms with Crippen molar-refractivity contribution in [1.82, 2.24) is 5.32 Å². The Balaban J connectivity index is 2.55. The molecule has 2 N–H and O–H groups in total. The highest BCUT2D eigenvalue weighted by Gasteiger charge is 2.16. The molecular formula is C17H24ClNO3. The second-order valence-corrected chi connectivity index (χ2v) is 6.34. The highest BCUT2D eigenvalue weighted by atomic mass is 35.5. The summed E-state index contributed by atoms with van der Waals surface area (Å²) >= 11 is 5.90. The van der Waals surface area contributed by atoms with Crippen molar-refractivity contribution in [3.8, 4) is 0 Å². The van der Waals surface area contributed by atoms with Gasteiger partial charge in [0.2, 0.25) is 5.91 Å². The van der Waals surface area contributed by atoms with E-state index in [0.29, 0.717) is 30.2 Å². The summed E-state index contributed by atoms with van der Waals surface area (Å²) < 4.78 is 0. The van der Waals surface area contributed by atoms with E-state index >= 15 is 0 Å². The summed E-state index contributed by atoms with van der Waals surface area (Å²) in [5, 5.41) is 12.3. The third-order valence-corrected chi connectivity index (χ3v) is 3.61. The van der Waals surface area contributed by atoms with Gasteiger partial charge in [-0.3, -0.25) is 9.59 Å². The summed E-state index contributed by atoms with van der Waals surface area (Å²) in [4.78, 5) is 22.5. The van der Waals surface area contributed by atoms with Crippen LogP contribution in [0.25, 0.3) is 0 Å². The molecule has 0 aliphatic heterocycles. The first-order chi connectivity index (χ1) is 10.4. The van der Waals surface area contributed by atoms with Crippen molar-refractivity contribution >= 4 is 23.5 Å². The van der Waals surface area contributed by atoms with Gasteiger partial charge in [-0.15, -0.1) is 0 Å². The molecule has 0 saturated carbocycles. The summed E-state index contributed by atoms with van der Waals surface area (Å²) in [6, 6.07) is 7.47. The average molecular weight is 326 g/mol. The molecule has 0 aromatic heterocycles. The number of carboxylic acid groups (broad SMARTS) is 1. The van der Waals surface area contributed by atoms with Gasteiger partial charge in [0.1, 0.15) is 0 Å². The Hall–Kier alpha value is -1.55. The number of unbranched alkanes of at least 4 members (excludes halogenated alkanes) is 1. The van der Waals surface area contributed by atoms with Crippen LogP contribution < -0.4 is 5.32 Å². The molecule has 1 aromatic rings. The lowest BCUT2D eigenvalue weighted by Gasteiger charge is -2.21. The number of carbonyl (C=O) groups excluding carboxylic acids is 1. The quantitative estimate of drug-likeness (QED) is 0.669. The van der Waals surface area contributed by atoms with Gasteiger partial charge in [-0.25, -0.2) is 0 Å². The van der Waals surface area contributed by atoms with Gasteiger partial charge in [-0.1, -0.05) is 37.6 Å². The van der Waals surface area contributed by atoms with Crippen LogP contribution in [0.15, 0.2) is 24.3 Å². The lowest BCUT2D eigenvalue weighted by atomic mass is 9.96. The molecule has 0 spiro atoms. The van der Waals surface area contributed by atoms with Crippen LogP contribution in [0.3, 0.4) is 0 Å². The van der Waals surface area contributed by atoms with Crippen molar-refractivity contribution < 1.29 is 14.7 Å². The van der Waals surface area contributed by atoms with E-state index in [-0.39, 0.29) is 18.4 Å². The predicted octanol–water partition coefficient (Wildman–Crippen LogP) is 4.19. The van der Waals surface area contributed by atoms with Crippen molar-refractivity contribution in [2.75, 3.05) is 0 Å². The third kappa shape index (κ3) is 7.46. The number of carbonyl (C=O) groups is 2.